The number of rotatable bonds is 8. The van der Waals surface area contributed by atoms with Gasteiger partial charge < -0.3 is 14.7 Å². The molecule has 0 saturated carbocycles. The Hall–Kier alpha value is -2.11. The summed E-state index contributed by atoms with van der Waals surface area (Å²) in [4.78, 5) is 8.99. The van der Waals surface area contributed by atoms with E-state index in [0.717, 1.165) is 50.6 Å². The van der Waals surface area contributed by atoms with E-state index in [-0.39, 0.29) is 0 Å². The maximum Gasteiger partial charge on any atom is 0.128 e. The standard InChI is InChI=1S/C21H29N3O2/c1-2-5-18-7-9-20(10-8-18)26-17-19(25)16-23-12-14-24(15-13-23)21-6-3-4-11-22-21/h3-4,6-11,19,25H,2,5,12-17H2,1H3/t19-/m1/s1. The van der Waals surface area contributed by atoms with Crippen LogP contribution in [0.25, 0.3) is 0 Å². The number of piperazine rings is 1. The monoisotopic (exact) mass is 355 g/mol. The zero-order valence-corrected chi connectivity index (χ0v) is 15.6. The summed E-state index contributed by atoms with van der Waals surface area (Å²) >= 11 is 0. The van der Waals surface area contributed by atoms with E-state index < -0.39 is 6.10 Å². The molecule has 1 atom stereocenters. The average molecular weight is 355 g/mol. The lowest BCUT2D eigenvalue weighted by molar-refractivity contribution is 0.0662. The first kappa shape index (κ1) is 18.7. The van der Waals surface area contributed by atoms with Gasteiger partial charge in [-0.1, -0.05) is 31.5 Å². The van der Waals surface area contributed by atoms with E-state index in [2.05, 4.69) is 33.8 Å². The second-order valence-electron chi connectivity index (χ2n) is 6.83. The number of anilines is 1. The molecule has 5 heteroatoms. The molecule has 0 amide bonds. The van der Waals surface area contributed by atoms with Crippen molar-refractivity contribution in [2.75, 3.05) is 44.2 Å². The summed E-state index contributed by atoms with van der Waals surface area (Å²) in [5.41, 5.74) is 1.33. The summed E-state index contributed by atoms with van der Waals surface area (Å²) in [5, 5.41) is 10.3. The van der Waals surface area contributed by atoms with Crippen LogP contribution in [0.3, 0.4) is 0 Å². The molecule has 5 nitrogen and oxygen atoms in total. The van der Waals surface area contributed by atoms with Gasteiger partial charge in [-0.05, 0) is 36.2 Å². The minimum Gasteiger partial charge on any atom is -0.491 e. The number of aryl methyl sites for hydroxylation is 1. The number of aliphatic hydroxyl groups excluding tert-OH is 1. The summed E-state index contributed by atoms with van der Waals surface area (Å²) in [6, 6.07) is 14.2. The van der Waals surface area contributed by atoms with E-state index >= 15 is 0 Å². The van der Waals surface area contributed by atoms with Crippen LogP contribution in [-0.2, 0) is 6.42 Å². The van der Waals surface area contributed by atoms with Crippen molar-refractivity contribution >= 4 is 5.82 Å². The zero-order valence-electron chi connectivity index (χ0n) is 15.6. The summed E-state index contributed by atoms with van der Waals surface area (Å²) < 4.78 is 5.74. The summed E-state index contributed by atoms with van der Waals surface area (Å²) in [6.45, 7) is 6.88. The van der Waals surface area contributed by atoms with Crippen LogP contribution in [0.15, 0.2) is 48.7 Å². The van der Waals surface area contributed by atoms with Crippen LogP contribution in [0.4, 0.5) is 5.82 Å². The van der Waals surface area contributed by atoms with E-state index in [0.29, 0.717) is 13.2 Å². The van der Waals surface area contributed by atoms with Gasteiger partial charge in [0.05, 0.1) is 0 Å². The van der Waals surface area contributed by atoms with Crippen molar-refractivity contribution in [1.29, 1.82) is 0 Å². The van der Waals surface area contributed by atoms with Gasteiger partial charge in [-0.2, -0.15) is 0 Å². The highest BCUT2D eigenvalue weighted by Crippen LogP contribution is 2.15. The predicted octanol–water partition coefficient (Wildman–Crippen LogP) is 2.60. The van der Waals surface area contributed by atoms with Gasteiger partial charge in [-0.25, -0.2) is 4.98 Å². The maximum absolute atomic E-state index is 10.3. The fourth-order valence-electron chi connectivity index (χ4n) is 3.28. The van der Waals surface area contributed by atoms with Crippen molar-refractivity contribution in [3.63, 3.8) is 0 Å². The Morgan fingerprint density at radius 1 is 1.08 bits per heavy atom. The lowest BCUT2D eigenvalue weighted by atomic mass is 10.1. The summed E-state index contributed by atoms with van der Waals surface area (Å²) in [5.74, 6) is 1.85. The highest BCUT2D eigenvalue weighted by atomic mass is 16.5. The minimum atomic E-state index is -0.480. The fourth-order valence-corrected chi connectivity index (χ4v) is 3.28. The molecule has 1 aromatic heterocycles. The normalized spacial score (nSPS) is 16.5. The van der Waals surface area contributed by atoms with Crippen molar-refractivity contribution in [1.82, 2.24) is 9.88 Å². The lowest BCUT2D eigenvalue weighted by Gasteiger charge is -2.36. The second kappa shape index (κ2) is 9.55. The number of ether oxygens (including phenoxy) is 1. The molecule has 1 N–H and O–H groups in total. The molecule has 0 radical (unpaired) electrons. The molecule has 1 aromatic carbocycles. The van der Waals surface area contributed by atoms with Crippen molar-refractivity contribution in [3.05, 3.63) is 54.2 Å². The topological polar surface area (TPSA) is 48.8 Å². The molecule has 26 heavy (non-hydrogen) atoms. The number of aliphatic hydroxyl groups is 1. The van der Waals surface area contributed by atoms with Gasteiger partial charge in [0.15, 0.2) is 0 Å². The predicted molar refractivity (Wildman–Crippen MR) is 105 cm³/mol. The first-order chi connectivity index (χ1) is 12.7. The Kier molecular flexibility index (Phi) is 6.86. The highest BCUT2D eigenvalue weighted by molar-refractivity contribution is 5.38. The molecular formula is C21H29N3O2. The zero-order chi connectivity index (χ0) is 18.2. The molecule has 2 aromatic rings. The lowest BCUT2D eigenvalue weighted by Crippen LogP contribution is -2.49. The van der Waals surface area contributed by atoms with Crippen LogP contribution in [0.2, 0.25) is 0 Å². The number of aromatic nitrogens is 1. The van der Waals surface area contributed by atoms with Gasteiger partial charge in [-0.3, -0.25) is 4.90 Å². The van der Waals surface area contributed by atoms with Crippen molar-refractivity contribution in [3.8, 4) is 5.75 Å². The van der Waals surface area contributed by atoms with Gasteiger partial charge in [0.1, 0.15) is 24.3 Å². The van der Waals surface area contributed by atoms with E-state index in [9.17, 15) is 5.11 Å². The third-order valence-electron chi connectivity index (χ3n) is 4.72. The smallest absolute Gasteiger partial charge is 0.128 e. The van der Waals surface area contributed by atoms with Crippen LogP contribution >= 0.6 is 0 Å². The Morgan fingerprint density at radius 2 is 1.85 bits per heavy atom. The van der Waals surface area contributed by atoms with Crippen molar-refractivity contribution in [2.45, 2.75) is 25.9 Å². The van der Waals surface area contributed by atoms with E-state index in [1.54, 1.807) is 0 Å². The molecule has 1 aliphatic rings. The number of pyridine rings is 1. The number of hydrogen-bond donors (Lipinski definition) is 1. The van der Waals surface area contributed by atoms with Gasteiger partial charge >= 0.3 is 0 Å². The molecule has 3 rings (SSSR count). The van der Waals surface area contributed by atoms with Gasteiger partial charge in [-0.15, -0.1) is 0 Å². The van der Waals surface area contributed by atoms with E-state index in [1.165, 1.54) is 5.56 Å². The number of nitrogens with zero attached hydrogens (tertiary/aromatic N) is 3. The highest BCUT2D eigenvalue weighted by Gasteiger charge is 2.20. The maximum atomic E-state index is 10.3. The Morgan fingerprint density at radius 3 is 2.50 bits per heavy atom. The van der Waals surface area contributed by atoms with E-state index in [1.807, 2.05) is 36.5 Å². The molecule has 140 valence electrons. The molecule has 1 aliphatic heterocycles. The molecule has 0 unspecified atom stereocenters. The van der Waals surface area contributed by atoms with Crippen LogP contribution in [0.5, 0.6) is 5.75 Å². The van der Waals surface area contributed by atoms with Crippen LogP contribution < -0.4 is 9.64 Å². The fraction of sp³-hybridized carbons (Fsp3) is 0.476. The van der Waals surface area contributed by atoms with Gasteiger partial charge in [0.2, 0.25) is 0 Å². The van der Waals surface area contributed by atoms with Gasteiger partial charge in [0, 0.05) is 38.9 Å². The third-order valence-corrected chi connectivity index (χ3v) is 4.72. The largest absolute Gasteiger partial charge is 0.491 e. The quantitative estimate of drug-likeness (QED) is 0.789. The molecular weight excluding hydrogens is 326 g/mol. The first-order valence-corrected chi connectivity index (χ1v) is 9.52. The Balaban J connectivity index is 1.38. The van der Waals surface area contributed by atoms with E-state index in [4.69, 9.17) is 4.74 Å². The van der Waals surface area contributed by atoms with Crippen molar-refractivity contribution in [2.24, 2.45) is 0 Å². The Bertz CT molecular complexity index is 640. The van der Waals surface area contributed by atoms with Crippen LogP contribution in [0, 0.1) is 0 Å². The molecule has 1 saturated heterocycles. The SMILES string of the molecule is CCCc1ccc(OC[C@H](O)CN2CCN(c3ccccn3)CC2)cc1. The molecule has 0 bridgehead atoms. The average Bonchev–Trinajstić information content (AvgIpc) is 2.69. The first-order valence-electron chi connectivity index (χ1n) is 9.52. The molecule has 2 heterocycles. The van der Waals surface area contributed by atoms with Crippen molar-refractivity contribution < 1.29 is 9.84 Å². The Labute approximate surface area is 156 Å². The van der Waals surface area contributed by atoms with Gasteiger partial charge in [0.25, 0.3) is 0 Å². The minimum absolute atomic E-state index is 0.327. The second-order valence-corrected chi connectivity index (χ2v) is 6.83. The third kappa shape index (κ3) is 5.44. The van der Waals surface area contributed by atoms with Crippen LogP contribution in [0.1, 0.15) is 18.9 Å². The molecule has 0 aliphatic carbocycles. The number of hydrogen-bond acceptors (Lipinski definition) is 5. The van der Waals surface area contributed by atoms with Crippen LogP contribution in [-0.4, -0.2) is 60.4 Å². The molecule has 1 fully saturated rings. The summed E-state index contributed by atoms with van der Waals surface area (Å²) in [7, 11) is 0. The number of benzene rings is 1. The molecule has 0 spiro atoms. The number of β-amino-alcohol motifs (C(OH)–C–C–N with tert-alkyl or cyclic N) is 1. The summed E-state index contributed by atoms with van der Waals surface area (Å²) in [6.07, 6.45) is 3.59.